The summed E-state index contributed by atoms with van der Waals surface area (Å²) in [7, 11) is 0. The molecule has 0 heterocycles. The van der Waals surface area contributed by atoms with Crippen molar-refractivity contribution in [2.24, 2.45) is 5.92 Å². The topological polar surface area (TPSA) is 58.6 Å². The van der Waals surface area contributed by atoms with Gasteiger partial charge in [-0.15, -0.1) is 0 Å². The molecule has 1 aromatic carbocycles. The van der Waals surface area contributed by atoms with E-state index in [4.69, 9.17) is 4.74 Å². The number of rotatable bonds is 6. The number of carbonyl (C=O) groups excluding carboxylic acids is 1. The van der Waals surface area contributed by atoms with E-state index >= 15 is 0 Å². The minimum Gasteiger partial charge on any atom is -0.507 e. The Balaban J connectivity index is 2.76. The van der Waals surface area contributed by atoms with Crippen molar-refractivity contribution in [2.45, 2.75) is 33.7 Å². The molecule has 0 aliphatic rings. The van der Waals surface area contributed by atoms with Gasteiger partial charge in [-0.05, 0) is 37.5 Å². The molecule has 0 aliphatic carbocycles. The summed E-state index contributed by atoms with van der Waals surface area (Å²) in [6.07, 6.45) is 0. The third-order valence-corrected chi connectivity index (χ3v) is 3.02. The molecule has 0 aliphatic heterocycles. The normalized spacial score (nSPS) is 12.5. The van der Waals surface area contributed by atoms with Crippen LogP contribution >= 0.6 is 0 Å². The van der Waals surface area contributed by atoms with Gasteiger partial charge < -0.3 is 15.2 Å². The zero-order valence-corrected chi connectivity index (χ0v) is 12.1. The van der Waals surface area contributed by atoms with Crippen LogP contribution in [-0.2, 0) is 4.74 Å². The predicted molar refractivity (Wildman–Crippen MR) is 75.4 cm³/mol. The van der Waals surface area contributed by atoms with Gasteiger partial charge in [0.05, 0.1) is 18.2 Å². The van der Waals surface area contributed by atoms with Gasteiger partial charge in [0, 0.05) is 6.61 Å². The van der Waals surface area contributed by atoms with E-state index in [0.717, 1.165) is 5.56 Å². The molecule has 0 radical (unpaired) electrons. The van der Waals surface area contributed by atoms with Crippen molar-refractivity contribution in [3.8, 4) is 5.75 Å². The number of phenolic OH excluding ortho intramolecular Hbond substituents is 1. The number of amides is 1. The van der Waals surface area contributed by atoms with Crippen LogP contribution in [0.2, 0.25) is 0 Å². The number of phenols is 1. The van der Waals surface area contributed by atoms with Gasteiger partial charge in [-0.3, -0.25) is 4.79 Å². The maximum absolute atomic E-state index is 12.1. The highest BCUT2D eigenvalue weighted by Gasteiger charge is 2.19. The average Bonchev–Trinajstić information content (AvgIpc) is 2.33. The summed E-state index contributed by atoms with van der Waals surface area (Å²) in [5.74, 6) is 0.00964. The first-order valence-electron chi connectivity index (χ1n) is 6.64. The third-order valence-electron chi connectivity index (χ3n) is 3.02. The van der Waals surface area contributed by atoms with Gasteiger partial charge in [0.1, 0.15) is 5.75 Å². The number of ether oxygens (including phenoxy) is 1. The molecule has 0 spiro atoms. The first kappa shape index (κ1) is 15.5. The molecular weight excluding hydrogens is 242 g/mol. The van der Waals surface area contributed by atoms with Gasteiger partial charge in [-0.1, -0.05) is 19.9 Å². The molecule has 1 rings (SSSR count). The molecule has 0 saturated carbocycles. The maximum Gasteiger partial charge on any atom is 0.255 e. The molecule has 19 heavy (non-hydrogen) atoms. The number of benzene rings is 1. The minimum atomic E-state index is -0.268. The lowest BCUT2D eigenvalue weighted by molar-refractivity contribution is 0.0804. The second-order valence-corrected chi connectivity index (χ2v) is 5.00. The van der Waals surface area contributed by atoms with Crippen molar-refractivity contribution < 1.29 is 14.6 Å². The highest BCUT2D eigenvalue weighted by molar-refractivity contribution is 5.97. The van der Waals surface area contributed by atoms with Gasteiger partial charge in [-0.2, -0.15) is 0 Å². The van der Waals surface area contributed by atoms with Crippen LogP contribution in [0.5, 0.6) is 5.75 Å². The van der Waals surface area contributed by atoms with Crippen LogP contribution < -0.4 is 5.32 Å². The van der Waals surface area contributed by atoms with Crippen LogP contribution in [0.1, 0.15) is 36.7 Å². The first-order valence-corrected chi connectivity index (χ1v) is 6.64. The Hall–Kier alpha value is -1.55. The number of aryl methyl sites for hydroxylation is 1. The van der Waals surface area contributed by atoms with Crippen LogP contribution in [0, 0.1) is 12.8 Å². The van der Waals surface area contributed by atoms with Crippen LogP contribution in [0.3, 0.4) is 0 Å². The Morgan fingerprint density at radius 2 is 2.11 bits per heavy atom. The fraction of sp³-hybridized carbons (Fsp3) is 0.533. The van der Waals surface area contributed by atoms with E-state index in [2.05, 4.69) is 5.32 Å². The summed E-state index contributed by atoms with van der Waals surface area (Å²) in [6, 6.07) is 4.97. The molecule has 4 heteroatoms. The van der Waals surface area contributed by atoms with Crippen LogP contribution in [0.15, 0.2) is 18.2 Å². The second-order valence-electron chi connectivity index (χ2n) is 5.00. The largest absolute Gasteiger partial charge is 0.507 e. The van der Waals surface area contributed by atoms with Gasteiger partial charge in [0.25, 0.3) is 5.91 Å². The molecule has 0 saturated heterocycles. The Morgan fingerprint density at radius 1 is 1.42 bits per heavy atom. The maximum atomic E-state index is 12.1. The summed E-state index contributed by atoms with van der Waals surface area (Å²) in [5.41, 5.74) is 1.22. The molecule has 1 amide bonds. The number of aromatic hydroxyl groups is 1. The highest BCUT2D eigenvalue weighted by atomic mass is 16.5. The molecule has 2 N–H and O–H groups in total. The highest BCUT2D eigenvalue weighted by Crippen LogP contribution is 2.18. The number of carbonyl (C=O) groups is 1. The fourth-order valence-electron chi connectivity index (χ4n) is 1.73. The molecule has 0 aromatic heterocycles. The van der Waals surface area contributed by atoms with E-state index in [1.54, 1.807) is 12.1 Å². The summed E-state index contributed by atoms with van der Waals surface area (Å²) in [4.78, 5) is 12.1. The number of nitrogens with one attached hydrogen (secondary N) is 1. The Labute approximate surface area is 114 Å². The second kappa shape index (κ2) is 7.14. The SMILES string of the molecule is CCOCC(NC(=O)c1ccc(C)cc1O)C(C)C. The van der Waals surface area contributed by atoms with Crippen molar-refractivity contribution in [3.05, 3.63) is 29.3 Å². The van der Waals surface area contributed by atoms with Crippen molar-refractivity contribution in [1.29, 1.82) is 0 Å². The summed E-state index contributed by atoms with van der Waals surface area (Å²) < 4.78 is 5.37. The monoisotopic (exact) mass is 265 g/mol. The summed E-state index contributed by atoms with van der Waals surface area (Å²) >= 11 is 0. The third kappa shape index (κ3) is 4.56. The van der Waals surface area contributed by atoms with Crippen molar-refractivity contribution in [1.82, 2.24) is 5.32 Å². The number of hydrogen-bond acceptors (Lipinski definition) is 3. The van der Waals surface area contributed by atoms with Gasteiger partial charge in [0.15, 0.2) is 0 Å². The lowest BCUT2D eigenvalue weighted by Gasteiger charge is -2.22. The van der Waals surface area contributed by atoms with Crippen molar-refractivity contribution in [3.63, 3.8) is 0 Å². The molecule has 0 fully saturated rings. The molecule has 106 valence electrons. The van der Waals surface area contributed by atoms with Crippen LogP contribution in [-0.4, -0.2) is 30.3 Å². The molecule has 1 unspecified atom stereocenters. The Morgan fingerprint density at radius 3 is 2.63 bits per heavy atom. The minimum absolute atomic E-state index is 0.0106. The van der Waals surface area contributed by atoms with E-state index in [0.29, 0.717) is 18.8 Å². The predicted octanol–water partition coefficient (Wildman–Crippen LogP) is 2.49. The quantitative estimate of drug-likeness (QED) is 0.830. The van der Waals surface area contributed by atoms with Gasteiger partial charge in [0.2, 0.25) is 0 Å². The Bertz CT molecular complexity index is 429. The first-order chi connectivity index (χ1) is 8.95. The van der Waals surface area contributed by atoms with Crippen LogP contribution in [0.4, 0.5) is 0 Å². The van der Waals surface area contributed by atoms with Gasteiger partial charge >= 0.3 is 0 Å². The summed E-state index contributed by atoms with van der Waals surface area (Å²) in [6.45, 7) is 8.94. The van der Waals surface area contributed by atoms with Crippen molar-refractivity contribution >= 4 is 5.91 Å². The molecule has 0 bridgehead atoms. The molecule has 4 nitrogen and oxygen atoms in total. The average molecular weight is 265 g/mol. The zero-order valence-electron chi connectivity index (χ0n) is 12.1. The summed E-state index contributed by atoms with van der Waals surface area (Å²) in [5, 5.41) is 12.7. The van der Waals surface area contributed by atoms with Crippen molar-refractivity contribution in [2.75, 3.05) is 13.2 Å². The standard InChI is InChI=1S/C15H23NO3/c1-5-19-9-13(10(2)3)16-15(18)12-7-6-11(4)8-14(12)17/h6-8,10,13,17H,5,9H2,1-4H3,(H,16,18). The van der Waals surface area contributed by atoms with E-state index in [1.807, 2.05) is 33.8 Å². The van der Waals surface area contributed by atoms with E-state index in [1.165, 1.54) is 0 Å². The lowest BCUT2D eigenvalue weighted by Crippen LogP contribution is -2.41. The molecule has 1 aromatic rings. The molecule has 1 atom stereocenters. The Kier molecular flexibility index (Phi) is 5.83. The zero-order chi connectivity index (χ0) is 14.4. The van der Waals surface area contributed by atoms with E-state index in [-0.39, 0.29) is 23.6 Å². The smallest absolute Gasteiger partial charge is 0.255 e. The molecular formula is C15H23NO3. The fourth-order valence-corrected chi connectivity index (χ4v) is 1.73. The van der Waals surface area contributed by atoms with E-state index in [9.17, 15) is 9.90 Å². The van der Waals surface area contributed by atoms with E-state index < -0.39 is 0 Å². The number of hydrogen-bond donors (Lipinski definition) is 2. The van der Waals surface area contributed by atoms with Gasteiger partial charge in [-0.25, -0.2) is 0 Å². The lowest BCUT2D eigenvalue weighted by atomic mass is 10.0. The van der Waals surface area contributed by atoms with Crippen LogP contribution in [0.25, 0.3) is 0 Å².